The molecule has 5 heteroatoms. The van der Waals surface area contributed by atoms with Gasteiger partial charge in [-0.1, -0.05) is 121 Å². The number of carbonyl (C=O) groups excluding carboxylic acids is 2. The molecule has 0 bridgehead atoms. The van der Waals surface area contributed by atoms with Crippen LogP contribution in [0.15, 0.2) is 164 Å². The van der Waals surface area contributed by atoms with E-state index in [1.165, 1.54) is 4.90 Å². The summed E-state index contributed by atoms with van der Waals surface area (Å²) < 4.78 is 2.08. The molecule has 0 unspecified atom stereocenters. The van der Waals surface area contributed by atoms with Crippen LogP contribution in [-0.2, 0) is 0 Å². The van der Waals surface area contributed by atoms with E-state index in [2.05, 4.69) is 22.8 Å². The predicted molar refractivity (Wildman–Crippen MR) is 199 cm³/mol. The van der Waals surface area contributed by atoms with Gasteiger partial charge in [-0.25, -0.2) is 4.90 Å². The smallest absolute Gasteiger partial charge is 0.268 e. The summed E-state index contributed by atoms with van der Waals surface area (Å²) >= 11 is 0. The lowest BCUT2D eigenvalue weighted by Gasteiger charge is -2.20. The van der Waals surface area contributed by atoms with E-state index < -0.39 is 0 Å². The van der Waals surface area contributed by atoms with Gasteiger partial charge in [0.2, 0.25) is 0 Å². The molecule has 0 fully saturated rings. The minimum atomic E-state index is -0.367. The summed E-state index contributed by atoms with van der Waals surface area (Å²) in [5.41, 5.74) is 9.72. The summed E-state index contributed by atoms with van der Waals surface area (Å²) in [6.07, 6.45) is 0. The van der Waals surface area contributed by atoms with Crippen LogP contribution in [0.3, 0.4) is 0 Å². The van der Waals surface area contributed by atoms with Crippen LogP contribution < -0.4 is 4.90 Å². The van der Waals surface area contributed by atoms with Gasteiger partial charge in [0, 0.05) is 16.3 Å². The van der Waals surface area contributed by atoms with Crippen molar-refractivity contribution < 1.29 is 9.59 Å². The standard InChI is InChI=1S/C45H27N3O2/c46-28-33-16-7-8-17-34(33)32-23-25-40-38(26-32)36-18-9-10-20-39(36)47(40)41-21-11-19-37-43(41)45(50)48(44(37)49)42-27-31(29-12-3-1-4-13-29)22-24-35(42)30-14-5-2-6-15-30/h1-27H. The molecule has 8 aromatic rings. The van der Waals surface area contributed by atoms with Crippen molar-refractivity contribution in [2.24, 2.45) is 0 Å². The lowest BCUT2D eigenvalue weighted by Crippen LogP contribution is -2.30. The number of aromatic nitrogens is 1. The number of amides is 2. The molecule has 50 heavy (non-hydrogen) atoms. The van der Waals surface area contributed by atoms with Crippen molar-refractivity contribution in [2.75, 3.05) is 4.90 Å². The largest absolute Gasteiger partial charge is 0.308 e. The van der Waals surface area contributed by atoms with E-state index in [-0.39, 0.29) is 11.8 Å². The Labute approximate surface area is 288 Å². The number of nitriles is 1. The number of carbonyl (C=O) groups is 2. The van der Waals surface area contributed by atoms with Crippen LogP contribution in [0.1, 0.15) is 26.3 Å². The third-order valence-corrected chi connectivity index (χ3v) is 9.60. The maximum atomic E-state index is 14.8. The fourth-order valence-electron chi connectivity index (χ4n) is 7.29. The SMILES string of the molecule is N#Cc1ccccc1-c1ccc2c(c1)c1ccccc1n2-c1cccc2c1C(=O)N(c1cc(-c3ccccc3)ccc1-c1ccccc1)C2=O. The van der Waals surface area contributed by atoms with E-state index in [4.69, 9.17) is 0 Å². The van der Waals surface area contributed by atoms with Crippen molar-refractivity contribution in [3.05, 3.63) is 180 Å². The van der Waals surface area contributed by atoms with Crippen LogP contribution >= 0.6 is 0 Å². The Bertz CT molecular complexity index is 2700. The van der Waals surface area contributed by atoms with Crippen LogP contribution in [0, 0.1) is 11.3 Å². The van der Waals surface area contributed by atoms with Crippen LogP contribution in [0.25, 0.3) is 60.9 Å². The van der Waals surface area contributed by atoms with Crippen molar-refractivity contribution in [3.8, 4) is 45.1 Å². The number of fused-ring (bicyclic) bond motifs is 4. The average molecular weight is 642 g/mol. The van der Waals surface area contributed by atoms with Gasteiger partial charge in [-0.05, 0) is 70.3 Å². The van der Waals surface area contributed by atoms with Gasteiger partial charge in [-0.2, -0.15) is 5.26 Å². The van der Waals surface area contributed by atoms with E-state index in [0.717, 1.165) is 55.2 Å². The number of rotatable bonds is 5. The second kappa shape index (κ2) is 11.6. The van der Waals surface area contributed by atoms with Gasteiger partial charge >= 0.3 is 0 Å². The van der Waals surface area contributed by atoms with E-state index in [9.17, 15) is 14.9 Å². The minimum Gasteiger partial charge on any atom is -0.308 e. The van der Waals surface area contributed by atoms with E-state index in [1.807, 2.05) is 146 Å². The molecule has 0 saturated carbocycles. The van der Waals surface area contributed by atoms with Crippen molar-refractivity contribution >= 4 is 39.3 Å². The number of para-hydroxylation sites is 1. The summed E-state index contributed by atoms with van der Waals surface area (Å²) in [5, 5.41) is 11.8. The zero-order valence-electron chi connectivity index (χ0n) is 26.7. The van der Waals surface area contributed by atoms with Gasteiger partial charge in [-0.15, -0.1) is 0 Å². The zero-order chi connectivity index (χ0) is 33.8. The second-order valence-electron chi connectivity index (χ2n) is 12.4. The van der Waals surface area contributed by atoms with Gasteiger partial charge in [-0.3, -0.25) is 9.59 Å². The molecule has 7 aromatic carbocycles. The van der Waals surface area contributed by atoms with E-state index in [1.54, 1.807) is 6.07 Å². The third kappa shape index (κ3) is 4.47. The Morgan fingerprint density at radius 3 is 1.90 bits per heavy atom. The van der Waals surface area contributed by atoms with Gasteiger partial charge in [0.25, 0.3) is 11.8 Å². The molecule has 0 spiro atoms. The second-order valence-corrected chi connectivity index (χ2v) is 12.4. The predicted octanol–water partition coefficient (Wildman–Crippen LogP) is 10.5. The van der Waals surface area contributed by atoms with Crippen LogP contribution in [0.2, 0.25) is 0 Å². The Morgan fingerprint density at radius 2 is 1.10 bits per heavy atom. The number of imide groups is 1. The number of benzene rings is 7. The fraction of sp³-hybridized carbons (Fsp3) is 0. The molecule has 9 rings (SSSR count). The monoisotopic (exact) mass is 641 g/mol. The van der Waals surface area contributed by atoms with Gasteiger partial charge in [0.15, 0.2) is 0 Å². The summed E-state index contributed by atoms with van der Waals surface area (Å²) in [4.78, 5) is 30.6. The molecule has 1 aliphatic heterocycles. The van der Waals surface area contributed by atoms with E-state index in [0.29, 0.717) is 28.1 Å². The Balaban J connectivity index is 1.24. The zero-order valence-corrected chi connectivity index (χ0v) is 26.7. The first kappa shape index (κ1) is 29.1. The summed E-state index contributed by atoms with van der Waals surface area (Å²) in [7, 11) is 0. The molecule has 0 saturated heterocycles. The molecule has 5 nitrogen and oxygen atoms in total. The molecule has 234 valence electrons. The van der Waals surface area contributed by atoms with Crippen LogP contribution in [0.5, 0.6) is 0 Å². The highest BCUT2D eigenvalue weighted by Gasteiger charge is 2.40. The molecular weight excluding hydrogens is 615 g/mol. The van der Waals surface area contributed by atoms with Crippen molar-refractivity contribution in [1.29, 1.82) is 5.26 Å². The van der Waals surface area contributed by atoms with Gasteiger partial charge in [0.1, 0.15) is 0 Å². The first-order valence-corrected chi connectivity index (χ1v) is 16.4. The molecule has 1 aliphatic rings. The topological polar surface area (TPSA) is 66.1 Å². The highest BCUT2D eigenvalue weighted by atomic mass is 16.2. The van der Waals surface area contributed by atoms with Crippen LogP contribution in [0.4, 0.5) is 5.69 Å². The molecule has 0 N–H and O–H groups in total. The summed E-state index contributed by atoms with van der Waals surface area (Å²) in [5.74, 6) is -0.723. The number of nitrogens with zero attached hydrogens (tertiary/aromatic N) is 3. The Kier molecular flexibility index (Phi) is 6.75. The lowest BCUT2D eigenvalue weighted by molar-refractivity contribution is 0.0926. The van der Waals surface area contributed by atoms with Crippen molar-refractivity contribution in [3.63, 3.8) is 0 Å². The molecule has 0 atom stereocenters. The van der Waals surface area contributed by atoms with Crippen molar-refractivity contribution in [2.45, 2.75) is 0 Å². The lowest BCUT2D eigenvalue weighted by atomic mass is 9.97. The van der Waals surface area contributed by atoms with Gasteiger partial charge in [0.05, 0.1) is 45.2 Å². The number of hydrogen-bond acceptors (Lipinski definition) is 3. The maximum Gasteiger partial charge on any atom is 0.268 e. The summed E-state index contributed by atoms with van der Waals surface area (Å²) in [6.45, 7) is 0. The molecule has 0 aliphatic carbocycles. The molecule has 1 aromatic heterocycles. The average Bonchev–Trinajstić information content (AvgIpc) is 3.65. The maximum absolute atomic E-state index is 14.8. The van der Waals surface area contributed by atoms with Crippen LogP contribution in [-0.4, -0.2) is 16.4 Å². The molecule has 0 radical (unpaired) electrons. The highest BCUT2D eigenvalue weighted by molar-refractivity contribution is 6.36. The molecule has 2 heterocycles. The van der Waals surface area contributed by atoms with Gasteiger partial charge < -0.3 is 4.57 Å². The highest BCUT2D eigenvalue weighted by Crippen LogP contribution is 2.42. The quantitative estimate of drug-likeness (QED) is 0.176. The van der Waals surface area contributed by atoms with Crippen molar-refractivity contribution in [1.82, 2.24) is 4.57 Å². The molecular formula is C45H27N3O2. The molecule has 2 amide bonds. The van der Waals surface area contributed by atoms with E-state index >= 15 is 0 Å². The number of hydrogen-bond donors (Lipinski definition) is 0. The fourth-order valence-corrected chi connectivity index (χ4v) is 7.29. The first-order chi connectivity index (χ1) is 24.6. The number of anilines is 1. The summed E-state index contributed by atoms with van der Waals surface area (Å²) in [6, 6.07) is 55.4. The Morgan fingerprint density at radius 1 is 0.440 bits per heavy atom. The first-order valence-electron chi connectivity index (χ1n) is 16.4. The third-order valence-electron chi connectivity index (χ3n) is 9.60. The normalized spacial score (nSPS) is 12.4. The Hall–Kier alpha value is -7.03. The minimum absolute atomic E-state index is 0.356.